The first-order chi connectivity index (χ1) is 8.75. The Bertz CT molecular complexity index is 591. The number of nitrogens with one attached hydrogen (secondary N) is 1. The number of carbonyl (C=O) groups is 1. The predicted octanol–water partition coefficient (Wildman–Crippen LogP) is 2.03. The van der Waals surface area contributed by atoms with Crippen LogP contribution >= 0.6 is 15.9 Å². The zero-order chi connectivity index (χ0) is 14.6. The first kappa shape index (κ1) is 15.8. The van der Waals surface area contributed by atoms with Gasteiger partial charge in [-0.2, -0.15) is 0 Å². The zero-order valence-electron chi connectivity index (χ0n) is 9.74. The number of halogens is 3. The first-order valence-electron chi connectivity index (χ1n) is 5.06. The van der Waals surface area contributed by atoms with E-state index in [-0.39, 0.29) is 11.1 Å². The summed E-state index contributed by atoms with van der Waals surface area (Å²) in [6.07, 6.45) is 0. The van der Waals surface area contributed by atoms with E-state index < -0.39 is 39.1 Å². The van der Waals surface area contributed by atoms with Gasteiger partial charge in [0.05, 0.1) is 16.8 Å². The van der Waals surface area contributed by atoms with Gasteiger partial charge in [-0.1, -0.05) is 0 Å². The molecule has 0 atom stereocenters. The van der Waals surface area contributed by atoms with Gasteiger partial charge in [0.2, 0.25) is 10.0 Å². The van der Waals surface area contributed by atoms with E-state index in [1.54, 1.807) is 4.72 Å². The Kier molecular flexibility index (Phi) is 5.24. The molecule has 0 unspecified atom stereocenters. The molecule has 0 aliphatic carbocycles. The molecule has 1 rings (SSSR count). The molecule has 0 heterocycles. The van der Waals surface area contributed by atoms with E-state index in [1.807, 2.05) is 0 Å². The molecule has 1 N–H and O–H groups in total. The van der Waals surface area contributed by atoms with E-state index in [4.69, 9.17) is 0 Å². The highest BCUT2D eigenvalue weighted by Gasteiger charge is 2.20. The van der Waals surface area contributed by atoms with E-state index in [0.29, 0.717) is 6.07 Å². The SMILES string of the molecule is CCOC(=O)CS(=O)(=O)Nc1cc(F)c(Br)cc1F. The van der Waals surface area contributed by atoms with E-state index in [1.165, 1.54) is 6.92 Å². The molecule has 0 radical (unpaired) electrons. The van der Waals surface area contributed by atoms with Gasteiger partial charge in [-0.25, -0.2) is 17.2 Å². The normalized spacial score (nSPS) is 11.2. The molecule has 0 aliphatic heterocycles. The standard InChI is InChI=1S/C10H10BrF2NO4S/c1-2-18-10(15)5-19(16,17)14-9-4-7(12)6(11)3-8(9)13/h3-4,14H,2,5H2,1H3. The van der Waals surface area contributed by atoms with Crippen molar-refractivity contribution in [3.05, 3.63) is 28.2 Å². The van der Waals surface area contributed by atoms with Crippen molar-refractivity contribution >= 4 is 37.6 Å². The molecule has 9 heteroatoms. The summed E-state index contributed by atoms with van der Waals surface area (Å²) in [5.74, 6) is -3.76. The Morgan fingerprint density at radius 2 is 2.00 bits per heavy atom. The molecular weight excluding hydrogens is 348 g/mol. The van der Waals surface area contributed by atoms with E-state index in [2.05, 4.69) is 20.7 Å². The van der Waals surface area contributed by atoms with Gasteiger partial charge in [0, 0.05) is 6.07 Å². The number of sulfonamides is 1. The fourth-order valence-electron chi connectivity index (χ4n) is 1.16. The number of ether oxygens (including phenoxy) is 1. The largest absolute Gasteiger partial charge is 0.465 e. The third kappa shape index (κ3) is 4.75. The summed E-state index contributed by atoms with van der Waals surface area (Å²) in [4.78, 5) is 11.0. The Morgan fingerprint density at radius 3 is 2.58 bits per heavy atom. The molecule has 0 amide bonds. The van der Waals surface area contributed by atoms with Crippen LogP contribution in [0.4, 0.5) is 14.5 Å². The van der Waals surface area contributed by atoms with Crippen molar-refractivity contribution < 1.29 is 26.7 Å². The molecule has 0 fully saturated rings. The zero-order valence-corrected chi connectivity index (χ0v) is 12.1. The second kappa shape index (κ2) is 6.29. The lowest BCUT2D eigenvalue weighted by Gasteiger charge is -2.09. The van der Waals surface area contributed by atoms with E-state index in [0.717, 1.165) is 6.07 Å². The molecule has 0 saturated heterocycles. The highest BCUT2D eigenvalue weighted by molar-refractivity contribution is 9.10. The molecule has 1 aromatic carbocycles. The minimum Gasteiger partial charge on any atom is -0.465 e. The van der Waals surface area contributed by atoms with Crippen LogP contribution < -0.4 is 4.72 Å². The smallest absolute Gasteiger partial charge is 0.323 e. The van der Waals surface area contributed by atoms with Crippen molar-refractivity contribution in [1.82, 2.24) is 0 Å². The van der Waals surface area contributed by atoms with Crippen molar-refractivity contribution in [3.8, 4) is 0 Å². The Labute approximate surface area is 117 Å². The quantitative estimate of drug-likeness (QED) is 0.646. The van der Waals surface area contributed by atoms with Crippen LogP contribution in [0.15, 0.2) is 16.6 Å². The maximum atomic E-state index is 13.4. The van der Waals surface area contributed by atoms with Gasteiger partial charge in [0.15, 0.2) is 5.75 Å². The Morgan fingerprint density at radius 1 is 1.37 bits per heavy atom. The molecule has 0 bridgehead atoms. The summed E-state index contributed by atoms with van der Waals surface area (Å²) >= 11 is 2.75. The maximum absolute atomic E-state index is 13.4. The van der Waals surface area contributed by atoms with Crippen LogP contribution in [-0.4, -0.2) is 26.7 Å². The van der Waals surface area contributed by atoms with E-state index in [9.17, 15) is 22.0 Å². The second-order valence-electron chi connectivity index (χ2n) is 3.41. The van der Waals surface area contributed by atoms with Gasteiger partial charge < -0.3 is 4.74 Å². The van der Waals surface area contributed by atoms with Gasteiger partial charge in [-0.3, -0.25) is 9.52 Å². The lowest BCUT2D eigenvalue weighted by atomic mass is 10.3. The number of benzene rings is 1. The van der Waals surface area contributed by atoms with Crippen molar-refractivity contribution in [2.24, 2.45) is 0 Å². The maximum Gasteiger partial charge on any atom is 0.323 e. The lowest BCUT2D eigenvalue weighted by molar-refractivity contribution is -0.139. The molecule has 0 aromatic heterocycles. The molecule has 106 valence electrons. The van der Waals surface area contributed by atoms with Crippen LogP contribution in [-0.2, 0) is 19.6 Å². The molecule has 0 spiro atoms. The number of rotatable bonds is 5. The summed E-state index contributed by atoms with van der Waals surface area (Å²) in [5.41, 5.74) is -0.579. The summed E-state index contributed by atoms with van der Waals surface area (Å²) < 4.78 is 55.7. The van der Waals surface area contributed by atoms with Crippen molar-refractivity contribution in [1.29, 1.82) is 0 Å². The van der Waals surface area contributed by atoms with Crippen molar-refractivity contribution in [2.45, 2.75) is 6.92 Å². The topological polar surface area (TPSA) is 72.5 Å². The summed E-state index contributed by atoms with van der Waals surface area (Å²) in [7, 11) is -4.15. The molecule has 1 aromatic rings. The molecule has 0 saturated carbocycles. The van der Waals surface area contributed by atoms with Crippen molar-refractivity contribution in [2.75, 3.05) is 17.1 Å². The summed E-state index contributed by atoms with van der Waals surface area (Å²) in [6, 6.07) is 1.44. The monoisotopic (exact) mass is 357 g/mol. The van der Waals surface area contributed by atoms with Crippen LogP contribution in [0.5, 0.6) is 0 Å². The predicted molar refractivity (Wildman–Crippen MR) is 68.1 cm³/mol. The number of carbonyl (C=O) groups excluding carboxylic acids is 1. The van der Waals surface area contributed by atoms with Gasteiger partial charge in [-0.15, -0.1) is 0 Å². The van der Waals surface area contributed by atoms with Crippen LogP contribution in [0.25, 0.3) is 0 Å². The average molecular weight is 358 g/mol. The molecule has 0 aliphatic rings. The van der Waals surface area contributed by atoms with E-state index >= 15 is 0 Å². The molecular formula is C10H10BrF2NO4S. The number of hydrogen-bond donors (Lipinski definition) is 1. The third-order valence-corrected chi connectivity index (χ3v) is 3.64. The Hall–Kier alpha value is -1.22. The first-order valence-corrected chi connectivity index (χ1v) is 7.50. The van der Waals surface area contributed by atoms with Crippen LogP contribution in [0.3, 0.4) is 0 Å². The van der Waals surface area contributed by atoms with Gasteiger partial charge in [0.1, 0.15) is 11.6 Å². The number of hydrogen-bond acceptors (Lipinski definition) is 4. The average Bonchev–Trinajstić information content (AvgIpc) is 2.24. The molecule has 19 heavy (non-hydrogen) atoms. The number of esters is 1. The lowest BCUT2D eigenvalue weighted by Crippen LogP contribution is -2.24. The van der Waals surface area contributed by atoms with Crippen molar-refractivity contribution in [3.63, 3.8) is 0 Å². The van der Waals surface area contributed by atoms with Gasteiger partial charge in [-0.05, 0) is 28.9 Å². The molecule has 5 nitrogen and oxygen atoms in total. The third-order valence-electron chi connectivity index (χ3n) is 1.89. The highest BCUT2D eigenvalue weighted by Crippen LogP contribution is 2.24. The van der Waals surface area contributed by atoms with Crippen LogP contribution in [0.1, 0.15) is 6.92 Å². The fourth-order valence-corrected chi connectivity index (χ4v) is 2.43. The Balaban J connectivity index is 2.90. The summed E-state index contributed by atoms with van der Waals surface area (Å²) in [6.45, 7) is 1.54. The summed E-state index contributed by atoms with van der Waals surface area (Å²) in [5, 5.41) is 0. The minimum atomic E-state index is -4.15. The van der Waals surface area contributed by atoms with Gasteiger partial charge >= 0.3 is 5.97 Å². The number of anilines is 1. The minimum absolute atomic E-state index is 0.0234. The second-order valence-corrected chi connectivity index (χ2v) is 5.99. The highest BCUT2D eigenvalue weighted by atomic mass is 79.9. The fraction of sp³-hybridized carbons (Fsp3) is 0.300. The van der Waals surface area contributed by atoms with Crippen LogP contribution in [0.2, 0.25) is 0 Å². The van der Waals surface area contributed by atoms with Crippen LogP contribution in [0, 0.1) is 11.6 Å². The van der Waals surface area contributed by atoms with Gasteiger partial charge in [0.25, 0.3) is 0 Å².